The molecule has 3 saturated heterocycles. The maximum absolute atomic E-state index is 6.66. The maximum Gasteiger partial charge on any atom is 0.482 e. The summed E-state index contributed by atoms with van der Waals surface area (Å²) in [6, 6.07) is 0. The summed E-state index contributed by atoms with van der Waals surface area (Å²) in [6.45, 7) is 15.1. The van der Waals surface area contributed by atoms with Crippen LogP contribution in [0.25, 0.3) is 0 Å². The van der Waals surface area contributed by atoms with E-state index in [0.717, 1.165) is 0 Å². The summed E-state index contributed by atoms with van der Waals surface area (Å²) in [5.74, 6) is 0. The molecule has 3 fully saturated rings. The Balaban J connectivity index is 2.29. The molecule has 0 spiro atoms. The highest BCUT2D eigenvalue weighted by Crippen LogP contribution is 2.41. The molecule has 25 heteroatoms. The zero-order valence-corrected chi connectivity index (χ0v) is 34.0. The standard InChI is InChI=1S/C14H42O16Si9/c1-15-31(6)20-32(7,16-2)22-36(11)24-34(9,18-4)26-38(13)27-35(10,19-5)25-37(12,23-33(8,17-3)21-31)29-39(14,28-36)30-38/h1-14H3. The predicted molar refractivity (Wildman–Crippen MR) is 152 cm³/mol. The quantitative estimate of drug-likeness (QED) is 0.379. The second-order valence-electron chi connectivity index (χ2n) is 9.90. The molecule has 3 heterocycles. The number of hydrogen-bond donors (Lipinski definition) is 0. The van der Waals surface area contributed by atoms with Gasteiger partial charge in [-0.1, -0.05) is 0 Å². The van der Waals surface area contributed by atoms with E-state index in [4.69, 9.17) is 67.4 Å². The Hall–Kier alpha value is 1.31. The molecule has 6 atom stereocenters. The summed E-state index contributed by atoms with van der Waals surface area (Å²) in [4.78, 5) is 0. The van der Waals surface area contributed by atoms with Crippen molar-refractivity contribution in [3.63, 3.8) is 0 Å². The van der Waals surface area contributed by atoms with Gasteiger partial charge in [-0.25, -0.2) is 0 Å². The fourth-order valence-electron chi connectivity index (χ4n) is 4.48. The van der Waals surface area contributed by atoms with Gasteiger partial charge in [0.25, 0.3) is 0 Å². The first-order valence-electron chi connectivity index (χ1n) is 12.1. The molecule has 4 bridgehead atoms. The van der Waals surface area contributed by atoms with Gasteiger partial charge in [0.2, 0.25) is 0 Å². The molecule has 39 heavy (non-hydrogen) atoms. The molecule has 230 valence electrons. The molecular formula is C14H42O16Si9. The highest BCUT2D eigenvalue weighted by Gasteiger charge is 2.71. The van der Waals surface area contributed by atoms with E-state index in [2.05, 4.69) is 0 Å². The minimum absolute atomic E-state index is 1.46. The summed E-state index contributed by atoms with van der Waals surface area (Å²) in [5, 5.41) is 0. The third kappa shape index (κ3) is 8.08. The van der Waals surface area contributed by atoms with E-state index < -0.39 is 79.2 Å². The van der Waals surface area contributed by atoms with Crippen LogP contribution in [0.15, 0.2) is 0 Å². The number of fused-ring (bicyclic) bond motifs is 3. The van der Waals surface area contributed by atoms with Crippen LogP contribution >= 0.6 is 0 Å². The summed E-state index contributed by atoms with van der Waals surface area (Å²) in [5.41, 5.74) is 0. The zero-order valence-electron chi connectivity index (χ0n) is 25.0. The Morgan fingerprint density at radius 1 is 0.256 bits per heavy atom. The van der Waals surface area contributed by atoms with Crippen LogP contribution < -0.4 is 0 Å². The molecular weight excluding hydrogens is 677 g/mol. The van der Waals surface area contributed by atoms with Crippen LogP contribution in [0.5, 0.6) is 0 Å². The van der Waals surface area contributed by atoms with Crippen LogP contribution in [0.2, 0.25) is 58.9 Å². The highest BCUT2D eigenvalue weighted by atomic mass is 28.6. The Morgan fingerprint density at radius 3 is 0.615 bits per heavy atom. The first-order valence-corrected chi connectivity index (χ1v) is 32.1. The second-order valence-corrected chi connectivity index (χ2v) is 36.5. The first-order chi connectivity index (χ1) is 17.6. The molecule has 3 aliphatic heterocycles. The Morgan fingerprint density at radius 2 is 0.410 bits per heavy atom. The molecule has 0 saturated carbocycles. The van der Waals surface area contributed by atoms with Crippen LogP contribution in [-0.4, -0.2) is 115 Å². The van der Waals surface area contributed by atoms with Crippen LogP contribution in [0.1, 0.15) is 0 Å². The number of hydrogen-bond acceptors (Lipinski definition) is 16. The third-order valence-corrected chi connectivity index (χ3v) is 42.3. The van der Waals surface area contributed by atoms with Crippen molar-refractivity contribution in [3.8, 4) is 0 Å². The third-order valence-electron chi connectivity index (χ3n) is 5.93. The lowest BCUT2D eigenvalue weighted by molar-refractivity contribution is 0.0186. The average Bonchev–Trinajstić information content (AvgIpc) is 2.74. The van der Waals surface area contributed by atoms with Crippen LogP contribution in [0, 0.1) is 0 Å². The molecule has 3 aliphatic rings. The summed E-state index contributed by atoms with van der Waals surface area (Å²) in [6.07, 6.45) is 0. The van der Waals surface area contributed by atoms with Crippen molar-refractivity contribution in [2.45, 2.75) is 58.9 Å². The van der Waals surface area contributed by atoms with E-state index >= 15 is 0 Å². The van der Waals surface area contributed by atoms with Crippen molar-refractivity contribution in [2.75, 3.05) is 35.5 Å². The summed E-state index contributed by atoms with van der Waals surface area (Å²) in [7, 11) is -25.7. The Kier molecular flexibility index (Phi) is 10.1. The molecule has 0 N–H and O–H groups in total. The van der Waals surface area contributed by atoms with Crippen molar-refractivity contribution in [3.05, 3.63) is 0 Å². The van der Waals surface area contributed by atoms with E-state index in [9.17, 15) is 0 Å². The Labute approximate surface area is 240 Å². The van der Waals surface area contributed by atoms with Gasteiger partial charge < -0.3 is 67.4 Å². The second kappa shape index (κ2) is 11.3. The molecule has 0 amide bonds. The summed E-state index contributed by atoms with van der Waals surface area (Å²) >= 11 is 0. The zero-order chi connectivity index (χ0) is 29.8. The molecule has 0 aromatic rings. The molecule has 0 aromatic heterocycles. The first kappa shape index (κ1) is 34.8. The van der Waals surface area contributed by atoms with Crippen LogP contribution in [0.3, 0.4) is 0 Å². The van der Waals surface area contributed by atoms with Gasteiger partial charge in [-0.2, -0.15) is 0 Å². The molecule has 0 radical (unpaired) electrons. The molecule has 3 rings (SSSR count). The lowest BCUT2D eigenvalue weighted by Crippen LogP contribution is -2.78. The molecule has 16 nitrogen and oxygen atoms in total. The summed E-state index contributed by atoms with van der Waals surface area (Å²) < 4.78 is 101. The van der Waals surface area contributed by atoms with Gasteiger partial charge in [0.15, 0.2) is 0 Å². The van der Waals surface area contributed by atoms with Crippen molar-refractivity contribution in [1.82, 2.24) is 0 Å². The van der Waals surface area contributed by atoms with Gasteiger partial charge in [0.1, 0.15) is 0 Å². The van der Waals surface area contributed by atoms with Crippen LogP contribution in [-0.2, 0) is 67.4 Å². The van der Waals surface area contributed by atoms with Gasteiger partial charge >= 0.3 is 79.2 Å². The molecule has 6 unspecified atom stereocenters. The normalized spacial score (nSPS) is 53.7. The fourth-order valence-corrected chi connectivity index (χ4v) is 46.7. The average molecular weight is 719 g/mol. The fraction of sp³-hybridized carbons (Fsp3) is 1.00. The Bertz CT molecular complexity index is 856. The van der Waals surface area contributed by atoms with Crippen molar-refractivity contribution in [2.24, 2.45) is 0 Å². The van der Waals surface area contributed by atoms with E-state index in [1.807, 2.05) is 0 Å². The molecule has 0 aliphatic carbocycles. The minimum atomic E-state index is -3.83. The van der Waals surface area contributed by atoms with E-state index in [1.54, 1.807) is 58.9 Å². The van der Waals surface area contributed by atoms with Crippen molar-refractivity contribution < 1.29 is 67.4 Å². The highest BCUT2D eigenvalue weighted by molar-refractivity contribution is 6.96. The largest absolute Gasteiger partial charge is 0.482 e. The van der Waals surface area contributed by atoms with Crippen molar-refractivity contribution >= 4 is 79.2 Å². The smallest absolute Gasteiger partial charge is 0.378 e. The minimum Gasteiger partial charge on any atom is -0.378 e. The van der Waals surface area contributed by atoms with E-state index in [1.165, 1.54) is 35.5 Å². The van der Waals surface area contributed by atoms with Gasteiger partial charge in [-0.05, 0) is 0 Å². The molecule has 0 aromatic carbocycles. The maximum atomic E-state index is 6.66. The van der Waals surface area contributed by atoms with Crippen LogP contribution in [0.4, 0.5) is 0 Å². The lowest BCUT2D eigenvalue weighted by atomic mass is 11.8. The topological polar surface area (TPSA) is 148 Å². The predicted octanol–water partition coefficient (Wildman–Crippen LogP) is 1.56. The monoisotopic (exact) mass is 718 g/mol. The SMILES string of the molecule is CO[Si]1(C)O[Si](C)(OC)O[Si]2(C)O[Si](C)(OC)O[Si]3(C)O[Si](C)(OC)O[Si](C)(O[Si](C)(OC)O1)O[Si](C)(O2)O3. The van der Waals surface area contributed by atoms with E-state index in [0.29, 0.717) is 0 Å². The lowest BCUT2D eigenvalue weighted by Gasteiger charge is -2.53. The van der Waals surface area contributed by atoms with Crippen molar-refractivity contribution in [1.29, 1.82) is 0 Å². The van der Waals surface area contributed by atoms with Gasteiger partial charge in [0, 0.05) is 94.5 Å². The van der Waals surface area contributed by atoms with Gasteiger partial charge in [-0.3, -0.25) is 0 Å². The van der Waals surface area contributed by atoms with E-state index in [-0.39, 0.29) is 0 Å². The van der Waals surface area contributed by atoms with Gasteiger partial charge in [0.05, 0.1) is 0 Å². The van der Waals surface area contributed by atoms with Gasteiger partial charge in [-0.15, -0.1) is 0 Å². The number of rotatable bonds is 5.